The minimum atomic E-state index is 0.597. The van der Waals surface area contributed by atoms with Crippen molar-refractivity contribution in [2.45, 2.75) is 25.7 Å². The fraction of sp³-hybridized carbons (Fsp3) is 0.222. The Morgan fingerprint density at radius 3 is 2.91 bits per heavy atom. The number of anilines is 1. The Hall–Kier alpha value is -2.80. The maximum Gasteiger partial charge on any atom is 0.102 e. The van der Waals surface area contributed by atoms with Crippen LogP contribution in [0, 0.1) is 11.3 Å². The van der Waals surface area contributed by atoms with Crippen LogP contribution in [0.4, 0.5) is 5.69 Å². The average Bonchev–Trinajstić information content (AvgIpc) is 3.02. The van der Waals surface area contributed by atoms with Gasteiger partial charge in [-0.05, 0) is 54.5 Å². The molecule has 1 aromatic heterocycles. The first-order valence-corrected chi connectivity index (χ1v) is 7.56. The molecule has 0 atom stereocenters. The lowest BCUT2D eigenvalue weighted by molar-refractivity contribution is 0.687. The largest absolute Gasteiger partial charge is 0.397 e. The fourth-order valence-electron chi connectivity index (χ4n) is 3.39. The standard InChI is InChI=1S/C18H16N4/c19-9-16-15(7-11-3-1-2-4-14(11)18(16)20)12-5-6-13-10-21-22-17(13)8-12/h5-8,10H,1-4,20H2,(H,21,22). The summed E-state index contributed by atoms with van der Waals surface area (Å²) in [4.78, 5) is 0. The van der Waals surface area contributed by atoms with E-state index in [2.05, 4.69) is 22.3 Å². The molecular weight excluding hydrogens is 272 g/mol. The van der Waals surface area contributed by atoms with Gasteiger partial charge >= 0.3 is 0 Å². The quantitative estimate of drug-likeness (QED) is 0.672. The van der Waals surface area contributed by atoms with Crippen LogP contribution in [-0.2, 0) is 12.8 Å². The Balaban J connectivity index is 1.97. The number of nitriles is 1. The molecule has 0 amide bonds. The van der Waals surface area contributed by atoms with Gasteiger partial charge in [-0.2, -0.15) is 10.4 Å². The van der Waals surface area contributed by atoms with Gasteiger partial charge in [0, 0.05) is 10.9 Å². The SMILES string of the molecule is N#Cc1c(-c2ccc3cn[nH]c3c2)cc2c(c1N)CCCC2. The Labute approximate surface area is 128 Å². The molecule has 0 fully saturated rings. The summed E-state index contributed by atoms with van der Waals surface area (Å²) in [6, 6.07) is 10.5. The molecule has 0 unspecified atom stereocenters. The molecule has 3 N–H and O–H groups in total. The summed E-state index contributed by atoms with van der Waals surface area (Å²) in [5.41, 5.74) is 12.9. The summed E-state index contributed by atoms with van der Waals surface area (Å²) in [6.45, 7) is 0. The normalized spacial score (nSPS) is 13.8. The molecule has 0 saturated carbocycles. The first-order valence-electron chi connectivity index (χ1n) is 7.56. The highest BCUT2D eigenvalue weighted by atomic mass is 15.1. The molecule has 0 aliphatic heterocycles. The number of rotatable bonds is 1. The highest BCUT2D eigenvalue weighted by molar-refractivity contribution is 5.87. The number of aromatic nitrogens is 2. The summed E-state index contributed by atoms with van der Waals surface area (Å²) < 4.78 is 0. The minimum Gasteiger partial charge on any atom is -0.397 e. The van der Waals surface area contributed by atoms with Crippen LogP contribution in [0.5, 0.6) is 0 Å². The highest BCUT2D eigenvalue weighted by Crippen LogP contribution is 2.36. The first kappa shape index (κ1) is 12.9. The number of nitrogens with zero attached hydrogens (tertiary/aromatic N) is 2. The molecule has 1 aliphatic rings. The zero-order valence-electron chi connectivity index (χ0n) is 12.2. The molecule has 3 aromatic rings. The molecule has 4 heteroatoms. The van der Waals surface area contributed by atoms with Crippen molar-refractivity contribution < 1.29 is 0 Å². The van der Waals surface area contributed by atoms with Gasteiger partial charge in [0.1, 0.15) is 6.07 Å². The first-order chi connectivity index (χ1) is 10.8. The van der Waals surface area contributed by atoms with Crippen molar-refractivity contribution in [1.29, 1.82) is 5.26 Å². The summed E-state index contributed by atoms with van der Waals surface area (Å²) >= 11 is 0. The van der Waals surface area contributed by atoms with Crippen LogP contribution in [0.3, 0.4) is 0 Å². The number of aromatic amines is 1. The number of benzene rings is 2. The van der Waals surface area contributed by atoms with Gasteiger partial charge in [-0.3, -0.25) is 5.10 Å². The number of fused-ring (bicyclic) bond motifs is 2. The minimum absolute atomic E-state index is 0.597. The van der Waals surface area contributed by atoms with Gasteiger partial charge in [0.2, 0.25) is 0 Å². The van der Waals surface area contributed by atoms with E-state index in [0.717, 1.165) is 41.3 Å². The Morgan fingerprint density at radius 2 is 2.05 bits per heavy atom. The summed E-state index contributed by atoms with van der Waals surface area (Å²) in [5.74, 6) is 0. The zero-order chi connectivity index (χ0) is 15.1. The third kappa shape index (κ3) is 1.86. The topological polar surface area (TPSA) is 78.5 Å². The lowest BCUT2D eigenvalue weighted by Crippen LogP contribution is -2.09. The molecular formula is C18H16N4. The maximum absolute atomic E-state index is 9.59. The second-order valence-corrected chi connectivity index (χ2v) is 5.84. The number of H-pyrrole nitrogens is 1. The molecule has 1 aliphatic carbocycles. The molecule has 108 valence electrons. The van der Waals surface area contributed by atoms with Crippen LogP contribution < -0.4 is 5.73 Å². The fourth-order valence-corrected chi connectivity index (χ4v) is 3.39. The van der Waals surface area contributed by atoms with Crippen LogP contribution in [-0.4, -0.2) is 10.2 Å². The van der Waals surface area contributed by atoms with Crippen molar-refractivity contribution in [2.75, 3.05) is 5.73 Å². The molecule has 0 bridgehead atoms. The van der Waals surface area contributed by atoms with E-state index in [9.17, 15) is 5.26 Å². The lowest BCUT2D eigenvalue weighted by atomic mass is 9.85. The lowest BCUT2D eigenvalue weighted by Gasteiger charge is -2.21. The number of nitrogens with two attached hydrogens (primary N) is 1. The number of hydrogen-bond acceptors (Lipinski definition) is 3. The van der Waals surface area contributed by atoms with E-state index in [1.165, 1.54) is 17.5 Å². The third-order valence-corrected chi connectivity index (χ3v) is 4.56. The van der Waals surface area contributed by atoms with Crippen molar-refractivity contribution in [3.05, 3.63) is 47.2 Å². The smallest absolute Gasteiger partial charge is 0.102 e. The van der Waals surface area contributed by atoms with Crippen molar-refractivity contribution in [2.24, 2.45) is 0 Å². The molecule has 0 spiro atoms. The van der Waals surface area contributed by atoms with Gasteiger partial charge in [-0.1, -0.05) is 12.1 Å². The summed E-state index contributed by atoms with van der Waals surface area (Å²) in [7, 11) is 0. The summed E-state index contributed by atoms with van der Waals surface area (Å²) in [5, 5.41) is 17.7. The second kappa shape index (κ2) is 4.88. The predicted molar refractivity (Wildman–Crippen MR) is 87.3 cm³/mol. The molecule has 0 radical (unpaired) electrons. The number of nitrogens with one attached hydrogen (secondary N) is 1. The van der Waals surface area contributed by atoms with E-state index in [0.29, 0.717) is 11.3 Å². The van der Waals surface area contributed by atoms with Crippen molar-refractivity contribution in [3.63, 3.8) is 0 Å². The Bertz CT molecular complexity index is 915. The van der Waals surface area contributed by atoms with Gasteiger partial charge < -0.3 is 5.73 Å². The molecule has 4 nitrogen and oxygen atoms in total. The van der Waals surface area contributed by atoms with Crippen molar-refractivity contribution in [1.82, 2.24) is 10.2 Å². The van der Waals surface area contributed by atoms with Gasteiger partial charge in [0.25, 0.3) is 0 Å². The van der Waals surface area contributed by atoms with E-state index in [4.69, 9.17) is 5.73 Å². The number of nitrogen functional groups attached to an aromatic ring is 1. The van der Waals surface area contributed by atoms with Gasteiger partial charge in [0.15, 0.2) is 0 Å². The maximum atomic E-state index is 9.59. The monoisotopic (exact) mass is 288 g/mol. The molecule has 2 aromatic carbocycles. The number of hydrogen-bond donors (Lipinski definition) is 2. The van der Waals surface area contributed by atoms with Crippen LogP contribution in [0.2, 0.25) is 0 Å². The van der Waals surface area contributed by atoms with Crippen molar-refractivity contribution >= 4 is 16.6 Å². The Kier molecular flexibility index (Phi) is 2.87. The third-order valence-electron chi connectivity index (χ3n) is 4.56. The van der Waals surface area contributed by atoms with Gasteiger partial charge in [-0.15, -0.1) is 0 Å². The van der Waals surface area contributed by atoms with Crippen LogP contribution in [0.1, 0.15) is 29.5 Å². The van der Waals surface area contributed by atoms with Gasteiger partial charge in [0.05, 0.1) is 23.0 Å². The molecule has 0 saturated heterocycles. The molecule has 4 rings (SSSR count). The van der Waals surface area contributed by atoms with E-state index in [-0.39, 0.29) is 0 Å². The van der Waals surface area contributed by atoms with Crippen LogP contribution >= 0.6 is 0 Å². The average molecular weight is 288 g/mol. The summed E-state index contributed by atoms with van der Waals surface area (Å²) in [6.07, 6.45) is 6.17. The Morgan fingerprint density at radius 1 is 1.18 bits per heavy atom. The van der Waals surface area contributed by atoms with E-state index >= 15 is 0 Å². The van der Waals surface area contributed by atoms with Gasteiger partial charge in [-0.25, -0.2) is 0 Å². The van der Waals surface area contributed by atoms with Crippen LogP contribution in [0.15, 0.2) is 30.5 Å². The molecule has 1 heterocycles. The highest BCUT2D eigenvalue weighted by Gasteiger charge is 2.19. The van der Waals surface area contributed by atoms with Crippen LogP contribution in [0.25, 0.3) is 22.0 Å². The predicted octanol–water partition coefficient (Wildman–Crippen LogP) is 3.56. The number of aryl methyl sites for hydroxylation is 1. The van der Waals surface area contributed by atoms with Crippen molar-refractivity contribution in [3.8, 4) is 17.2 Å². The van der Waals surface area contributed by atoms with E-state index < -0.39 is 0 Å². The second-order valence-electron chi connectivity index (χ2n) is 5.84. The molecule has 22 heavy (non-hydrogen) atoms. The zero-order valence-corrected chi connectivity index (χ0v) is 12.2. The van der Waals surface area contributed by atoms with E-state index in [1.54, 1.807) is 6.20 Å². The van der Waals surface area contributed by atoms with E-state index in [1.807, 2.05) is 18.2 Å².